The van der Waals surface area contributed by atoms with E-state index in [1.54, 1.807) is 10.9 Å². The number of morpholine rings is 1. The molecular weight excluding hydrogens is 601 g/mol. The third-order valence-corrected chi connectivity index (χ3v) is 9.40. The Morgan fingerprint density at radius 2 is 1.91 bits per heavy atom. The molecule has 3 heterocycles. The molecule has 45 heavy (non-hydrogen) atoms. The number of rotatable bonds is 9. The summed E-state index contributed by atoms with van der Waals surface area (Å²) in [6.45, 7) is 10.6. The number of aryl methyl sites for hydroxylation is 1. The van der Waals surface area contributed by atoms with Gasteiger partial charge in [0.05, 0.1) is 53.1 Å². The lowest BCUT2D eigenvalue weighted by Crippen LogP contribution is -2.55. The highest BCUT2D eigenvalue weighted by molar-refractivity contribution is 6.35. The number of piperazine rings is 1. The van der Waals surface area contributed by atoms with Crippen LogP contribution in [0.25, 0.3) is 0 Å². The van der Waals surface area contributed by atoms with Gasteiger partial charge in [0.1, 0.15) is 0 Å². The average Bonchev–Trinajstić information content (AvgIpc) is 3.50. The highest BCUT2D eigenvalue weighted by Gasteiger charge is 2.30. The summed E-state index contributed by atoms with van der Waals surface area (Å²) < 4.78 is 21.9. The van der Waals surface area contributed by atoms with Gasteiger partial charge in [-0.1, -0.05) is 22.9 Å². The summed E-state index contributed by atoms with van der Waals surface area (Å²) in [4.78, 5) is 32.0. The Bertz CT molecular complexity index is 1560. The normalized spacial score (nSPS) is 21.2. The molecule has 14 heteroatoms. The second kappa shape index (κ2) is 13.7. The molecule has 2 aliphatic heterocycles. The first-order valence-electron chi connectivity index (χ1n) is 15.1. The van der Waals surface area contributed by atoms with E-state index in [9.17, 15) is 14.0 Å². The van der Waals surface area contributed by atoms with Gasteiger partial charge in [0.15, 0.2) is 11.5 Å². The fourth-order valence-corrected chi connectivity index (χ4v) is 6.28. The maximum Gasteiger partial charge on any atom is 0.270 e. The quantitative estimate of drug-likeness (QED) is 0.299. The fraction of sp³-hybridized carbons (Fsp3) is 0.484. The van der Waals surface area contributed by atoms with Crippen molar-refractivity contribution in [2.75, 3.05) is 62.4 Å². The number of aromatic nitrogens is 3. The van der Waals surface area contributed by atoms with Crippen LogP contribution in [0.4, 0.5) is 21.5 Å². The van der Waals surface area contributed by atoms with Gasteiger partial charge >= 0.3 is 0 Å². The van der Waals surface area contributed by atoms with Gasteiger partial charge in [-0.2, -0.15) is 0 Å². The Hall–Kier alpha value is -3.78. The van der Waals surface area contributed by atoms with Crippen LogP contribution in [0.5, 0.6) is 0 Å². The zero-order chi connectivity index (χ0) is 32.4. The predicted octanol–water partition coefficient (Wildman–Crippen LogP) is 3.30. The molecule has 0 bridgehead atoms. The second-order valence-corrected chi connectivity index (χ2v) is 12.4. The number of nitrogens with two attached hydrogens (primary N) is 2. The number of primary amides is 1. The molecule has 2 amide bonds. The molecule has 0 saturated carbocycles. The molecule has 3 aromatic rings. The van der Waals surface area contributed by atoms with Gasteiger partial charge in [0, 0.05) is 50.4 Å². The molecule has 0 radical (unpaired) electrons. The van der Waals surface area contributed by atoms with Crippen molar-refractivity contribution in [1.29, 1.82) is 0 Å². The van der Waals surface area contributed by atoms with Crippen LogP contribution in [0.1, 0.15) is 58.3 Å². The Labute approximate surface area is 267 Å². The SMILES string of the molecule is Cc1c(F)c(N)cc(C(=O)Nc2cc(C3COCCN3CCCn3cc(C(N)=O)nn3)ccc2N2C[C@@H](C)N(C)[C@@H](C)C2)c1Cl. The van der Waals surface area contributed by atoms with E-state index in [-0.39, 0.29) is 33.6 Å². The van der Waals surface area contributed by atoms with Gasteiger partial charge in [0.2, 0.25) is 0 Å². The van der Waals surface area contributed by atoms with Crippen molar-refractivity contribution in [3.8, 4) is 0 Å². The Morgan fingerprint density at radius 3 is 2.60 bits per heavy atom. The topological polar surface area (TPSA) is 148 Å². The van der Waals surface area contributed by atoms with E-state index in [0.29, 0.717) is 37.5 Å². The molecule has 2 aromatic carbocycles. The number of carbonyl (C=O) groups is 2. The summed E-state index contributed by atoms with van der Waals surface area (Å²) in [5.74, 6) is -1.71. The summed E-state index contributed by atoms with van der Waals surface area (Å²) in [6.07, 6.45) is 2.32. The first-order valence-corrected chi connectivity index (χ1v) is 15.5. The van der Waals surface area contributed by atoms with E-state index in [1.807, 2.05) is 6.07 Å². The first kappa shape index (κ1) is 32.6. The van der Waals surface area contributed by atoms with Crippen molar-refractivity contribution in [3.63, 3.8) is 0 Å². The zero-order valence-corrected chi connectivity index (χ0v) is 26.9. The summed E-state index contributed by atoms with van der Waals surface area (Å²) in [5.41, 5.74) is 13.9. The van der Waals surface area contributed by atoms with Crippen LogP contribution in [0.2, 0.25) is 5.02 Å². The molecule has 242 valence electrons. The van der Waals surface area contributed by atoms with Crippen LogP contribution in [-0.4, -0.2) is 95.1 Å². The largest absolute Gasteiger partial charge is 0.396 e. The predicted molar refractivity (Wildman–Crippen MR) is 172 cm³/mol. The number of likely N-dealkylation sites (N-methyl/N-ethyl adjacent to an activating group) is 1. The second-order valence-electron chi connectivity index (χ2n) is 12.0. The molecule has 3 atom stereocenters. The van der Waals surface area contributed by atoms with Gasteiger partial charge in [-0.25, -0.2) is 4.39 Å². The summed E-state index contributed by atoms with van der Waals surface area (Å²) in [5, 5.41) is 10.9. The molecule has 2 saturated heterocycles. The Morgan fingerprint density at radius 1 is 1.18 bits per heavy atom. The fourth-order valence-electron chi connectivity index (χ4n) is 6.06. The Balaban J connectivity index is 1.42. The third kappa shape index (κ3) is 7.06. The molecule has 12 nitrogen and oxygen atoms in total. The first-order chi connectivity index (χ1) is 21.4. The maximum atomic E-state index is 14.4. The lowest BCUT2D eigenvalue weighted by atomic mass is 10.0. The van der Waals surface area contributed by atoms with E-state index < -0.39 is 17.6 Å². The minimum absolute atomic E-state index is 0.0286. The lowest BCUT2D eigenvalue weighted by Gasteiger charge is -2.44. The van der Waals surface area contributed by atoms with Crippen molar-refractivity contribution >= 4 is 40.5 Å². The molecule has 1 unspecified atom stereocenters. The molecule has 2 fully saturated rings. The van der Waals surface area contributed by atoms with Gasteiger partial charge in [0.25, 0.3) is 11.8 Å². The van der Waals surface area contributed by atoms with Crippen molar-refractivity contribution < 1.29 is 18.7 Å². The molecule has 1 aromatic heterocycles. The number of benzene rings is 2. The smallest absolute Gasteiger partial charge is 0.270 e. The monoisotopic (exact) mass is 641 g/mol. The number of halogens is 2. The third-order valence-electron chi connectivity index (χ3n) is 8.91. The van der Waals surface area contributed by atoms with Gasteiger partial charge in [-0.05, 0) is 58.0 Å². The van der Waals surface area contributed by atoms with Crippen molar-refractivity contribution in [3.05, 3.63) is 63.7 Å². The van der Waals surface area contributed by atoms with E-state index in [4.69, 9.17) is 27.8 Å². The van der Waals surface area contributed by atoms with Crippen LogP contribution < -0.4 is 21.7 Å². The molecular formula is C31H41ClFN9O3. The number of nitrogens with zero attached hydrogens (tertiary/aromatic N) is 6. The van der Waals surface area contributed by atoms with E-state index in [1.165, 1.54) is 13.0 Å². The molecule has 5 N–H and O–H groups in total. The standard InChI is InChI=1S/C31H41ClFN9O3/c1-18-14-41(15-19(2)39(18)4)26-7-6-21(12-24(26)36-31(44)22-13-23(34)29(33)20(3)28(22)32)27-17-45-11-10-40(27)8-5-9-42-16-25(30(35)43)37-38-42/h6-7,12-13,16,18-19,27H,5,8-11,14-15,17,34H2,1-4H3,(H2,35,43)(H,36,44)/t18-,19+,27?. The summed E-state index contributed by atoms with van der Waals surface area (Å²) >= 11 is 6.43. The van der Waals surface area contributed by atoms with Crippen LogP contribution in [0, 0.1) is 12.7 Å². The number of hydrogen-bond acceptors (Lipinski definition) is 9. The van der Waals surface area contributed by atoms with E-state index in [2.05, 4.69) is 63.4 Å². The number of nitrogens with one attached hydrogen (secondary N) is 1. The highest BCUT2D eigenvalue weighted by Crippen LogP contribution is 2.36. The summed E-state index contributed by atoms with van der Waals surface area (Å²) in [7, 11) is 2.12. The number of anilines is 3. The molecule has 0 aliphatic carbocycles. The van der Waals surface area contributed by atoms with Crippen LogP contribution in [0.15, 0.2) is 30.5 Å². The minimum Gasteiger partial charge on any atom is -0.396 e. The van der Waals surface area contributed by atoms with Gasteiger partial charge < -0.3 is 26.4 Å². The molecule has 2 aliphatic rings. The zero-order valence-electron chi connectivity index (χ0n) is 26.1. The van der Waals surface area contributed by atoms with Gasteiger partial charge in [-0.15, -0.1) is 5.10 Å². The number of ether oxygens (including phenoxy) is 1. The van der Waals surface area contributed by atoms with Crippen molar-refractivity contribution in [1.82, 2.24) is 24.8 Å². The van der Waals surface area contributed by atoms with Crippen molar-refractivity contribution in [2.24, 2.45) is 5.73 Å². The summed E-state index contributed by atoms with van der Waals surface area (Å²) in [6, 6.07) is 7.97. The van der Waals surface area contributed by atoms with Crippen molar-refractivity contribution in [2.45, 2.75) is 51.9 Å². The minimum atomic E-state index is -0.630. The van der Waals surface area contributed by atoms with Crippen LogP contribution in [-0.2, 0) is 11.3 Å². The molecule has 5 rings (SSSR count). The van der Waals surface area contributed by atoms with Crippen LogP contribution >= 0.6 is 11.6 Å². The van der Waals surface area contributed by atoms with Gasteiger partial charge in [-0.3, -0.25) is 24.1 Å². The highest BCUT2D eigenvalue weighted by atomic mass is 35.5. The number of carbonyl (C=O) groups excluding carboxylic acids is 2. The molecule has 0 spiro atoms. The lowest BCUT2D eigenvalue weighted by molar-refractivity contribution is -0.00938. The maximum absolute atomic E-state index is 14.4. The number of amides is 2. The average molecular weight is 642 g/mol. The van der Waals surface area contributed by atoms with E-state index in [0.717, 1.165) is 43.9 Å². The van der Waals surface area contributed by atoms with Crippen LogP contribution in [0.3, 0.4) is 0 Å². The Kier molecular flexibility index (Phi) is 9.92. The number of hydrogen-bond donors (Lipinski definition) is 3. The number of nitrogen functional groups attached to an aromatic ring is 1. The van der Waals surface area contributed by atoms with E-state index >= 15 is 0 Å².